The summed E-state index contributed by atoms with van der Waals surface area (Å²) in [4.78, 5) is 40.1. The van der Waals surface area contributed by atoms with Gasteiger partial charge in [-0.2, -0.15) is 0 Å². The fourth-order valence-electron chi connectivity index (χ4n) is 4.74. The molecule has 5 unspecified atom stereocenters. The number of nitrogen functional groups attached to an aromatic ring is 1. The molecule has 2 heterocycles. The highest BCUT2D eigenvalue weighted by Crippen LogP contribution is 2.28. The number of nitrogens with zero attached hydrogens (tertiary/aromatic N) is 1. The molecular weight excluding hydrogens is 472 g/mol. The summed E-state index contributed by atoms with van der Waals surface area (Å²) < 4.78 is 5.38. The predicted molar refractivity (Wildman–Crippen MR) is 134 cm³/mol. The van der Waals surface area contributed by atoms with Gasteiger partial charge >= 0.3 is 5.97 Å². The first-order chi connectivity index (χ1) is 16.4. The number of ether oxygens (including phenoxy) is 1. The van der Waals surface area contributed by atoms with Gasteiger partial charge in [-0.1, -0.05) is 45.7 Å². The molecule has 0 spiro atoms. The standard InChI is InChI=1S/C25H37ClN4O5/c1-5-7-19-17(13-20(31)35-19)28-23(33)18-8-6-11-30(18)24(34)21(25(2,3)4)29-22(32)14-9-10-16(27)15(26)12-14/h9-10,12,17-19,21,23,28,33H,5-8,11,13,27H2,1-4H3,(H,29,32). The minimum absolute atomic E-state index is 0.188. The smallest absolute Gasteiger partial charge is 0.307 e. The van der Waals surface area contributed by atoms with E-state index in [1.54, 1.807) is 17.0 Å². The molecule has 0 radical (unpaired) electrons. The number of cyclic esters (lactones) is 1. The average molecular weight is 509 g/mol. The molecule has 10 heteroatoms. The van der Waals surface area contributed by atoms with Crippen LogP contribution >= 0.6 is 11.6 Å². The molecule has 2 amide bonds. The van der Waals surface area contributed by atoms with E-state index >= 15 is 0 Å². The van der Waals surface area contributed by atoms with Crippen LogP contribution in [0.4, 0.5) is 5.69 Å². The summed E-state index contributed by atoms with van der Waals surface area (Å²) in [6, 6.07) is 2.97. The summed E-state index contributed by atoms with van der Waals surface area (Å²) in [6.07, 6.45) is 1.77. The molecule has 194 valence electrons. The van der Waals surface area contributed by atoms with Crippen LogP contribution in [0.3, 0.4) is 0 Å². The van der Waals surface area contributed by atoms with Crippen molar-refractivity contribution in [3.05, 3.63) is 28.8 Å². The third-order valence-corrected chi connectivity index (χ3v) is 7.00. The Balaban J connectivity index is 1.73. The lowest BCUT2D eigenvalue weighted by atomic mass is 9.85. The maximum Gasteiger partial charge on any atom is 0.307 e. The molecule has 0 bridgehead atoms. The van der Waals surface area contributed by atoms with Crippen molar-refractivity contribution < 1.29 is 24.2 Å². The van der Waals surface area contributed by atoms with E-state index in [1.165, 1.54) is 6.07 Å². The normalized spacial score (nSPS) is 24.2. The van der Waals surface area contributed by atoms with Crippen molar-refractivity contribution in [3.63, 3.8) is 0 Å². The lowest BCUT2D eigenvalue weighted by Crippen LogP contribution is -2.59. The van der Waals surface area contributed by atoms with E-state index in [9.17, 15) is 19.5 Å². The maximum absolute atomic E-state index is 13.7. The van der Waals surface area contributed by atoms with Crippen LogP contribution in [0.5, 0.6) is 0 Å². The summed E-state index contributed by atoms with van der Waals surface area (Å²) in [7, 11) is 0. The molecule has 0 aliphatic carbocycles. The molecular formula is C25H37ClN4O5. The van der Waals surface area contributed by atoms with Gasteiger partial charge in [0.2, 0.25) is 5.91 Å². The number of hydrogen-bond donors (Lipinski definition) is 4. The topological polar surface area (TPSA) is 134 Å². The zero-order chi connectivity index (χ0) is 25.9. The number of halogens is 1. The molecule has 0 saturated carbocycles. The highest BCUT2D eigenvalue weighted by atomic mass is 35.5. The number of esters is 1. The van der Waals surface area contributed by atoms with E-state index in [2.05, 4.69) is 10.6 Å². The number of rotatable bonds is 8. The molecule has 3 rings (SSSR count). The molecule has 0 aromatic heterocycles. The Labute approximate surface area is 211 Å². The minimum atomic E-state index is -1.02. The van der Waals surface area contributed by atoms with Crippen molar-refractivity contribution in [2.45, 2.75) is 90.3 Å². The van der Waals surface area contributed by atoms with Gasteiger partial charge < -0.3 is 25.8 Å². The molecule has 1 aromatic rings. The second-order valence-electron chi connectivity index (χ2n) is 10.5. The second-order valence-corrected chi connectivity index (χ2v) is 10.9. The number of likely N-dealkylation sites (tertiary alicyclic amines) is 1. The first kappa shape index (κ1) is 27.2. The van der Waals surface area contributed by atoms with E-state index in [1.807, 2.05) is 27.7 Å². The summed E-state index contributed by atoms with van der Waals surface area (Å²) >= 11 is 6.07. The van der Waals surface area contributed by atoms with Gasteiger partial charge in [-0.05, 0) is 42.9 Å². The first-order valence-electron chi connectivity index (χ1n) is 12.2. The number of anilines is 1. The third-order valence-electron chi connectivity index (χ3n) is 6.67. The number of benzene rings is 1. The Morgan fingerprint density at radius 1 is 1.34 bits per heavy atom. The fraction of sp³-hybridized carbons (Fsp3) is 0.640. The van der Waals surface area contributed by atoms with Gasteiger partial charge in [-0.25, -0.2) is 0 Å². The van der Waals surface area contributed by atoms with Crippen molar-refractivity contribution in [3.8, 4) is 0 Å². The van der Waals surface area contributed by atoms with E-state index in [0.29, 0.717) is 30.6 Å². The Bertz CT molecular complexity index is 950. The molecule has 5 N–H and O–H groups in total. The van der Waals surface area contributed by atoms with Crippen LogP contribution in [0.2, 0.25) is 5.02 Å². The van der Waals surface area contributed by atoms with Crippen LogP contribution in [0.1, 0.15) is 70.2 Å². The number of nitrogens with one attached hydrogen (secondary N) is 2. The van der Waals surface area contributed by atoms with Crippen LogP contribution in [0.15, 0.2) is 18.2 Å². The maximum atomic E-state index is 13.7. The van der Waals surface area contributed by atoms with Crippen LogP contribution in [0.25, 0.3) is 0 Å². The van der Waals surface area contributed by atoms with Crippen molar-refractivity contribution in [1.82, 2.24) is 15.5 Å². The minimum Gasteiger partial charge on any atom is -0.461 e. The number of aliphatic hydroxyl groups is 1. The summed E-state index contributed by atoms with van der Waals surface area (Å²) in [5, 5.41) is 17.3. The van der Waals surface area contributed by atoms with Gasteiger partial charge in [0.1, 0.15) is 18.4 Å². The quantitative estimate of drug-likeness (QED) is 0.241. The number of hydrogen-bond acceptors (Lipinski definition) is 7. The molecule has 1 aromatic carbocycles. The largest absolute Gasteiger partial charge is 0.461 e. The van der Waals surface area contributed by atoms with Crippen molar-refractivity contribution in [1.29, 1.82) is 0 Å². The van der Waals surface area contributed by atoms with Gasteiger partial charge in [0.15, 0.2) is 0 Å². The molecule has 5 atom stereocenters. The van der Waals surface area contributed by atoms with Gasteiger partial charge in [0.25, 0.3) is 5.91 Å². The number of amides is 2. The second kappa shape index (κ2) is 11.1. The fourth-order valence-corrected chi connectivity index (χ4v) is 4.92. The van der Waals surface area contributed by atoms with E-state index in [0.717, 1.165) is 12.8 Å². The van der Waals surface area contributed by atoms with Gasteiger partial charge in [0.05, 0.1) is 29.2 Å². The van der Waals surface area contributed by atoms with Crippen molar-refractivity contribution >= 4 is 35.1 Å². The zero-order valence-electron chi connectivity index (χ0n) is 20.8. The third kappa shape index (κ3) is 6.45. The highest BCUT2D eigenvalue weighted by Gasteiger charge is 2.43. The number of aliphatic hydroxyl groups excluding tert-OH is 1. The van der Waals surface area contributed by atoms with Gasteiger partial charge in [0, 0.05) is 12.1 Å². The molecule has 2 aliphatic heterocycles. The molecule has 2 aliphatic rings. The van der Waals surface area contributed by atoms with Crippen LogP contribution in [-0.4, -0.2) is 64.8 Å². The molecule has 2 saturated heterocycles. The van der Waals surface area contributed by atoms with E-state index in [4.69, 9.17) is 22.1 Å². The Kier molecular flexibility index (Phi) is 8.67. The Morgan fingerprint density at radius 2 is 2.06 bits per heavy atom. The van der Waals surface area contributed by atoms with Gasteiger partial charge in [-0.3, -0.25) is 19.7 Å². The van der Waals surface area contributed by atoms with E-state index in [-0.39, 0.29) is 35.5 Å². The summed E-state index contributed by atoms with van der Waals surface area (Å²) in [5.74, 6) is -0.982. The monoisotopic (exact) mass is 508 g/mol. The zero-order valence-corrected chi connectivity index (χ0v) is 21.6. The highest BCUT2D eigenvalue weighted by molar-refractivity contribution is 6.33. The van der Waals surface area contributed by atoms with E-state index < -0.39 is 29.6 Å². The van der Waals surface area contributed by atoms with Crippen LogP contribution in [0, 0.1) is 5.41 Å². The van der Waals surface area contributed by atoms with Crippen LogP contribution < -0.4 is 16.4 Å². The molecule has 9 nitrogen and oxygen atoms in total. The average Bonchev–Trinajstić information content (AvgIpc) is 3.39. The molecule has 35 heavy (non-hydrogen) atoms. The number of nitrogens with two attached hydrogens (primary N) is 1. The lowest BCUT2D eigenvalue weighted by Gasteiger charge is -2.37. The SMILES string of the molecule is CCCC1OC(=O)CC1NC(O)C1CCCN1C(=O)C(NC(=O)c1ccc(N)c(Cl)c1)C(C)(C)C. The summed E-state index contributed by atoms with van der Waals surface area (Å²) in [6.45, 7) is 8.11. The predicted octanol–water partition coefficient (Wildman–Crippen LogP) is 2.45. The number of carbonyl (C=O) groups excluding carboxylic acids is 3. The van der Waals surface area contributed by atoms with Gasteiger partial charge in [-0.15, -0.1) is 0 Å². The Hall–Kier alpha value is -2.36. The van der Waals surface area contributed by atoms with Crippen molar-refractivity contribution in [2.24, 2.45) is 5.41 Å². The Morgan fingerprint density at radius 3 is 2.69 bits per heavy atom. The van der Waals surface area contributed by atoms with Crippen LogP contribution in [-0.2, 0) is 14.3 Å². The lowest BCUT2D eigenvalue weighted by molar-refractivity contribution is -0.141. The molecule has 2 fully saturated rings. The summed E-state index contributed by atoms with van der Waals surface area (Å²) in [5.41, 5.74) is 5.82. The van der Waals surface area contributed by atoms with Crippen molar-refractivity contribution in [2.75, 3.05) is 12.3 Å². The first-order valence-corrected chi connectivity index (χ1v) is 12.6. The number of carbonyl (C=O) groups is 3.